The smallest absolute Gasteiger partial charge is 0.235 e. The summed E-state index contributed by atoms with van der Waals surface area (Å²) < 4.78 is 1.11. The Morgan fingerprint density at radius 1 is 1.47 bits per heavy atom. The van der Waals surface area contributed by atoms with Crippen LogP contribution in [0.4, 0.5) is 5.13 Å². The molecule has 2 N–H and O–H groups in total. The zero-order chi connectivity index (χ0) is 10.8. The van der Waals surface area contributed by atoms with Gasteiger partial charge in [0.15, 0.2) is 0 Å². The van der Waals surface area contributed by atoms with E-state index < -0.39 is 0 Å². The summed E-state index contributed by atoms with van der Waals surface area (Å²) in [5.41, 5.74) is 7.39. The van der Waals surface area contributed by atoms with Gasteiger partial charge in [-0.2, -0.15) is 0 Å². The zero-order valence-electron chi connectivity index (χ0n) is 8.50. The Morgan fingerprint density at radius 3 is 2.93 bits per heavy atom. The molecule has 2 aromatic rings. The number of hydrazine groups is 1. The molecule has 0 spiro atoms. The number of nitrogens with one attached hydrogen (secondary N) is 2. The van der Waals surface area contributed by atoms with Crippen LogP contribution in [0.1, 0.15) is 12.5 Å². The van der Waals surface area contributed by atoms with Crippen molar-refractivity contribution in [3.63, 3.8) is 0 Å². The van der Waals surface area contributed by atoms with E-state index in [0.717, 1.165) is 15.8 Å². The number of rotatable bonds is 2. The summed E-state index contributed by atoms with van der Waals surface area (Å²) in [6, 6.07) is 6.03. The average molecular weight is 221 g/mol. The van der Waals surface area contributed by atoms with Gasteiger partial charge >= 0.3 is 0 Å². The van der Waals surface area contributed by atoms with Crippen LogP contribution in [0.3, 0.4) is 0 Å². The molecular weight excluding hydrogens is 210 g/mol. The van der Waals surface area contributed by atoms with Crippen molar-refractivity contribution < 1.29 is 4.79 Å². The van der Waals surface area contributed by atoms with Gasteiger partial charge in [0, 0.05) is 6.92 Å². The van der Waals surface area contributed by atoms with Crippen molar-refractivity contribution >= 4 is 32.6 Å². The van der Waals surface area contributed by atoms with E-state index in [4.69, 9.17) is 0 Å². The molecule has 0 fully saturated rings. The Morgan fingerprint density at radius 2 is 2.27 bits per heavy atom. The Labute approximate surface area is 91.3 Å². The standard InChI is InChI=1S/C10H11N3OS/c1-6-4-3-5-8-9(6)11-10(15-8)13-12-7(2)14/h3-5H,1-2H3,(H,11,13)(H,12,14). The maximum absolute atomic E-state index is 10.7. The molecule has 0 aliphatic rings. The number of thiazole rings is 1. The number of anilines is 1. The summed E-state index contributed by atoms with van der Waals surface area (Å²) in [4.78, 5) is 15.1. The molecule has 0 saturated carbocycles. The maximum atomic E-state index is 10.7. The van der Waals surface area contributed by atoms with Gasteiger partial charge in [-0.05, 0) is 18.6 Å². The van der Waals surface area contributed by atoms with Gasteiger partial charge in [0.1, 0.15) is 0 Å². The number of carbonyl (C=O) groups excluding carboxylic acids is 1. The third-order valence-corrected chi connectivity index (χ3v) is 2.90. The molecular formula is C10H11N3OS. The number of amides is 1. The van der Waals surface area contributed by atoms with E-state index in [1.165, 1.54) is 18.3 Å². The fourth-order valence-corrected chi connectivity index (χ4v) is 2.18. The molecule has 0 radical (unpaired) electrons. The van der Waals surface area contributed by atoms with Gasteiger partial charge in [-0.25, -0.2) is 4.98 Å². The molecule has 78 valence electrons. The van der Waals surface area contributed by atoms with Crippen molar-refractivity contribution in [2.45, 2.75) is 13.8 Å². The first-order valence-corrected chi connectivity index (χ1v) is 5.37. The molecule has 1 heterocycles. The quantitative estimate of drug-likeness (QED) is 0.763. The summed E-state index contributed by atoms with van der Waals surface area (Å²) in [5.74, 6) is -0.133. The van der Waals surface area contributed by atoms with Gasteiger partial charge in [-0.15, -0.1) is 0 Å². The van der Waals surface area contributed by atoms with Gasteiger partial charge in [0.25, 0.3) is 0 Å². The van der Waals surface area contributed by atoms with E-state index in [0.29, 0.717) is 5.13 Å². The van der Waals surface area contributed by atoms with Gasteiger partial charge in [0.2, 0.25) is 11.0 Å². The minimum absolute atomic E-state index is 0.133. The first kappa shape index (κ1) is 9.92. The first-order valence-electron chi connectivity index (χ1n) is 4.55. The Hall–Kier alpha value is -1.62. The molecule has 1 aromatic carbocycles. The summed E-state index contributed by atoms with van der Waals surface area (Å²) in [7, 11) is 0. The van der Waals surface area contributed by atoms with Crippen LogP contribution >= 0.6 is 11.3 Å². The third-order valence-electron chi connectivity index (χ3n) is 1.97. The highest BCUT2D eigenvalue weighted by molar-refractivity contribution is 7.22. The van der Waals surface area contributed by atoms with Gasteiger partial charge in [-0.1, -0.05) is 23.5 Å². The lowest BCUT2D eigenvalue weighted by Crippen LogP contribution is -2.26. The number of benzene rings is 1. The number of hydrogen-bond donors (Lipinski definition) is 2. The summed E-state index contributed by atoms with van der Waals surface area (Å²) in [6.07, 6.45) is 0. The van der Waals surface area contributed by atoms with Gasteiger partial charge < -0.3 is 0 Å². The molecule has 5 heteroatoms. The first-order chi connectivity index (χ1) is 7.16. The van der Waals surface area contributed by atoms with E-state index in [2.05, 4.69) is 15.8 Å². The van der Waals surface area contributed by atoms with Crippen LogP contribution in [-0.2, 0) is 4.79 Å². The molecule has 0 aliphatic heterocycles. The second kappa shape index (κ2) is 3.86. The predicted octanol–water partition coefficient (Wildman–Crippen LogP) is 2.07. The van der Waals surface area contributed by atoms with Crippen molar-refractivity contribution in [1.82, 2.24) is 10.4 Å². The van der Waals surface area contributed by atoms with E-state index in [1.807, 2.05) is 25.1 Å². The normalized spacial score (nSPS) is 10.3. The summed E-state index contributed by atoms with van der Waals surface area (Å²) in [6.45, 7) is 3.47. The van der Waals surface area contributed by atoms with Crippen LogP contribution in [0.25, 0.3) is 10.2 Å². The Balaban J connectivity index is 2.31. The largest absolute Gasteiger partial charge is 0.274 e. The van der Waals surface area contributed by atoms with Gasteiger partial charge in [0.05, 0.1) is 10.2 Å². The van der Waals surface area contributed by atoms with Crippen LogP contribution in [0.5, 0.6) is 0 Å². The number of aromatic nitrogens is 1. The third kappa shape index (κ3) is 2.07. The summed E-state index contributed by atoms with van der Waals surface area (Å²) >= 11 is 1.52. The Bertz CT molecular complexity index is 506. The number of hydrogen-bond acceptors (Lipinski definition) is 4. The number of aryl methyl sites for hydroxylation is 1. The topological polar surface area (TPSA) is 54.0 Å². The number of nitrogens with zero attached hydrogens (tertiary/aromatic N) is 1. The molecule has 0 aliphatic carbocycles. The minimum atomic E-state index is -0.133. The lowest BCUT2D eigenvalue weighted by molar-refractivity contribution is -0.118. The van der Waals surface area contributed by atoms with Crippen molar-refractivity contribution in [2.75, 3.05) is 5.43 Å². The second-order valence-electron chi connectivity index (χ2n) is 3.25. The minimum Gasteiger partial charge on any atom is -0.274 e. The van der Waals surface area contributed by atoms with Crippen molar-refractivity contribution in [1.29, 1.82) is 0 Å². The van der Waals surface area contributed by atoms with Crippen LogP contribution in [-0.4, -0.2) is 10.9 Å². The van der Waals surface area contributed by atoms with Crippen molar-refractivity contribution in [3.05, 3.63) is 23.8 Å². The number of para-hydroxylation sites is 1. The van der Waals surface area contributed by atoms with E-state index in [9.17, 15) is 4.79 Å². The second-order valence-corrected chi connectivity index (χ2v) is 4.28. The lowest BCUT2D eigenvalue weighted by Gasteiger charge is -1.99. The van der Waals surface area contributed by atoms with Crippen LogP contribution < -0.4 is 10.9 Å². The van der Waals surface area contributed by atoms with E-state index in [1.54, 1.807) is 0 Å². The SMILES string of the molecule is CC(=O)NNc1nc2c(C)cccc2s1. The monoisotopic (exact) mass is 221 g/mol. The van der Waals surface area contributed by atoms with E-state index >= 15 is 0 Å². The summed E-state index contributed by atoms with van der Waals surface area (Å²) in [5, 5.41) is 0.703. The molecule has 1 amide bonds. The molecule has 2 rings (SSSR count). The fourth-order valence-electron chi connectivity index (χ4n) is 1.28. The van der Waals surface area contributed by atoms with Crippen LogP contribution in [0.2, 0.25) is 0 Å². The number of fused-ring (bicyclic) bond motifs is 1. The lowest BCUT2D eigenvalue weighted by atomic mass is 10.2. The highest BCUT2D eigenvalue weighted by Gasteiger charge is 2.04. The molecule has 0 atom stereocenters. The molecule has 0 unspecified atom stereocenters. The molecule has 1 aromatic heterocycles. The van der Waals surface area contributed by atoms with Crippen molar-refractivity contribution in [3.8, 4) is 0 Å². The highest BCUT2D eigenvalue weighted by Crippen LogP contribution is 2.27. The molecule has 0 bridgehead atoms. The van der Waals surface area contributed by atoms with Crippen LogP contribution in [0, 0.1) is 6.92 Å². The fraction of sp³-hybridized carbons (Fsp3) is 0.200. The molecule has 15 heavy (non-hydrogen) atoms. The van der Waals surface area contributed by atoms with Crippen molar-refractivity contribution in [2.24, 2.45) is 0 Å². The average Bonchev–Trinajstić information content (AvgIpc) is 2.59. The maximum Gasteiger partial charge on any atom is 0.235 e. The zero-order valence-corrected chi connectivity index (χ0v) is 9.31. The van der Waals surface area contributed by atoms with Crippen LogP contribution in [0.15, 0.2) is 18.2 Å². The number of carbonyl (C=O) groups is 1. The molecule has 4 nitrogen and oxygen atoms in total. The predicted molar refractivity (Wildman–Crippen MR) is 61.8 cm³/mol. The molecule has 0 saturated heterocycles. The van der Waals surface area contributed by atoms with Gasteiger partial charge in [-0.3, -0.25) is 15.6 Å². The highest BCUT2D eigenvalue weighted by atomic mass is 32.1. The Kier molecular flexibility index (Phi) is 2.55. The van der Waals surface area contributed by atoms with E-state index in [-0.39, 0.29) is 5.91 Å².